The number of rotatable bonds is 4. The van der Waals surface area contributed by atoms with E-state index in [1.807, 2.05) is 6.07 Å². The van der Waals surface area contributed by atoms with Crippen LogP contribution < -0.4 is 0 Å². The Bertz CT molecular complexity index is 4550. The molecule has 13 aromatic carbocycles. The summed E-state index contributed by atoms with van der Waals surface area (Å²) < 4.78 is 13.6. The number of hydrogen-bond donors (Lipinski definition) is 0. The van der Waals surface area contributed by atoms with Gasteiger partial charge in [0.05, 0.1) is 0 Å². The molecule has 0 aliphatic heterocycles. The summed E-state index contributed by atoms with van der Waals surface area (Å²) in [6.45, 7) is 0. The van der Waals surface area contributed by atoms with Crippen LogP contribution in [0.15, 0.2) is 239 Å². The SMILES string of the molecule is c1ccc2c(c1)oc1c(-c3ccc(-c4ccc5c6ccccc6c6ccccc6c5c4)cc3-c3ccc4c(c3)oc3cccc(-c5ccc6c7ccccc7c7ccccc7c6c5)c34)cccc12. The summed E-state index contributed by atoms with van der Waals surface area (Å²) in [6, 6.07) is 84.0. The first-order chi connectivity index (χ1) is 33.7. The van der Waals surface area contributed by atoms with Crippen LogP contribution in [0.2, 0.25) is 0 Å². The highest BCUT2D eigenvalue weighted by molar-refractivity contribution is 6.27. The van der Waals surface area contributed by atoms with Gasteiger partial charge in [0, 0.05) is 27.1 Å². The van der Waals surface area contributed by atoms with Gasteiger partial charge >= 0.3 is 0 Å². The van der Waals surface area contributed by atoms with Crippen molar-refractivity contribution in [1.82, 2.24) is 0 Å². The van der Waals surface area contributed by atoms with Gasteiger partial charge in [-0.25, -0.2) is 0 Å². The molecular formula is C66H38O2. The first kappa shape index (κ1) is 37.3. The van der Waals surface area contributed by atoms with Crippen molar-refractivity contribution < 1.29 is 8.83 Å². The molecule has 0 aliphatic rings. The van der Waals surface area contributed by atoms with Crippen molar-refractivity contribution in [2.45, 2.75) is 0 Å². The zero-order valence-corrected chi connectivity index (χ0v) is 36.8. The van der Waals surface area contributed by atoms with Gasteiger partial charge in [0.2, 0.25) is 0 Å². The highest BCUT2D eigenvalue weighted by Crippen LogP contribution is 2.46. The van der Waals surface area contributed by atoms with Gasteiger partial charge < -0.3 is 8.83 Å². The normalized spacial score (nSPS) is 12.1. The zero-order chi connectivity index (χ0) is 44.5. The summed E-state index contributed by atoms with van der Waals surface area (Å²) in [7, 11) is 0. The number of para-hydroxylation sites is 2. The van der Waals surface area contributed by atoms with E-state index in [1.165, 1.54) is 75.8 Å². The molecule has 0 N–H and O–H groups in total. The van der Waals surface area contributed by atoms with Crippen molar-refractivity contribution in [3.05, 3.63) is 231 Å². The Morgan fingerprint density at radius 1 is 0.191 bits per heavy atom. The van der Waals surface area contributed by atoms with Gasteiger partial charge in [0.1, 0.15) is 22.3 Å². The fraction of sp³-hybridized carbons (Fsp3) is 0. The maximum Gasteiger partial charge on any atom is 0.143 e. The van der Waals surface area contributed by atoms with Crippen molar-refractivity contribution in [3.63, 3.8) is 0 Å². The molecule has 0 aliphatic carbocycles. The molecule has 0 saturated heterocycles. The number of benzene rings is 13. The molecule has 2 aromatic heterocycles. The Kier molecular flexibility index (Phi) is 7.81. The molecule has 314 valence electrons. The smallest absolute Gasteiger partial charge is 0.143 e. The van der Waals surface area contributed by atoms with Crippen LogP contribution in [0.25, 0.3) is 153 Å². The van der Waals surface area contributed by atoms with Crippen LogP contribution in [-0.2, 0) is 0 Å². The van der Waals surface area contributed by atoms with Crippen LogP contribution in [0.4, 0.5) is 0 Å². The highest BCUT2D eigenvalue weighted by atomic mass is 16.3. The minimum atomic E-state index is 0.851. The van der Waals surface area contributed by atoms with Gasteiger partial charge in [-0.15, -0.1) is 0 Å². The first-order valence-corrected chi connectivity index (χ1v) is 23.4. The summed E-state index contributed by atoms with van der Waals surface area (Å²) in [4.78, 5) is 0. The zero-order valence-electron chi connectivity index (χ0n) is 36.8. The van der Waals surface area contributed by atoms with E-state index in [4.69, 9.17) is 8.83 Å². The molecule has 15 rings (SSSR count). The highest BCUT2D eigenvalue weighted by Gasteiger charge is 2.20. The summed E-state index contributed by atoms with van der Waals surface area (Å²) in [6.07, 6.45) is 0. The average molecular weight is 863 g/mol. The van der Waals surface area contributed by atoms with Gasteiger partial charge in [-0.1, -0.05) is 188 Å². The fourth-order valence-corrected chi connectivity index (χ4v) is 11.6. The standard InChI is InChI=1S/C66H38O2/c1-3-17-48-44(13-1)46-15-5-7-19-50(46)60-36-40(27-31-52(48)60)39-28-32-54(56-23-11-24-57-55-21-9-10-25-62(55)68-66(56)57)59(35-39)42-30-34-58-64(38-42)67-63-26-12-22-43(65(58)63)41-29-33-53-49-18-4-2-14-45(49)47-16-6-8-20-51(47)61(53)37-41/h1-38H. The second-order valence-corrected chi connectivity index (χ2v) is 18.2. The molecule has 0 unspecified atom stereocenters. The third-order valence-corrected chi connectivity index (χ3v) is 14.7. The second kappa shape index (κ2) is 14.3. The molecule has 0 saturated carbocycles. The van der Waals surface area contributed by atoms with Crippen molar-refractivity contribution >= 4 is 109 Å². The number of fused-ring (bicyclic) bond motifs is 18. The van der Waals surface area contributed by atoms with Crippen LogP contribution in [0, 0.1) is 0 Å². The molecule has 0 amide bonds. The number of hydrogen-bond acceptors (Lipinski definition) is 2. The molecular weight excluding hydrogens is 825 g/mol. The quantitative estimate of drug-likeness (QED) is 0.165. The lowest BCUT2D eigenvalue weighted by Crippen LogP contribution is -1.89. The molecule has 0 radical (unpaired) electrons. The Morgan fingerprint density at radius 2 is 0.618 bits per heavy atom. The monoisotopic (exact) mass is 862 g/mol. The van der Waals surface area contributed by atoms with E-state index in [0.29, 0.717) is 0 Å². The van der Waals surface area contributed by atoms with E-state index in [1.54, 1.807) is 0 Å². The van der Waals surface area contributed by atoms with Crippen LogP contribution >= 0.6 is 0 Å². The van der Waals surface area contributed by atoms with Crippen molar-refractivity contribution in [2.24, 2.45) is 0 Å². The van der Waals surface area contributed by atoms with Gasteiger partial charge in [-0.05, 0) is 146 Å². The van der Waals surface area contributed by atoms with Gasteiger partial charge in [0.15, 0.2) is 0 Å². The largest absolute Gasteiger partial charge is 0.456 e. The van der Waals surface area contributed by atoms with Gasteiger partial charge in [-0.2, -0.15) is 0 Å². The first-order valence-electron chi connectivity index (χ1n) is 23.4. The molecule has 0 fully saturated rings. The maximum absolute atomic E-state index is 6.87. The van der Waals surface area contributed by atoms with Crippen LogP contribution in [0.1, 0.15) is 0 Å². The van der Waals surface area contributed by atoms with Crippen molar-refractivity contribution in [2.75, 3.05) is 0 Å². The van der Waals surface area contributed by atoms with Crippen LogP contribution in [-0.4, -0.2) is 0 Å². The molecule has 0 atom stereocenters. The van der Waals surface area contributed by atoms with Crippen LogP contribution in [0.5, 0.6) is 0 Å². The minimum absolute atomic E-state index is 0.851. The summed E-state index contributed by atoms with van der Waals surface area (Å²) in [5.41, 5.74) is 12.5. The predicted octanol–water partition coefficient (Wildman–Crippen LogP) is 19.1. The van der Waals surface area contributed by atoms with Gasteiger partial charge in [0.25, 0.3) is 0 Å². The Balaban J connectivity index is 0.934. The Hall–Kier alpha value is -8.98. The molecule has 2 nitrogen and oxygen atoms in total. The lowest BCUT2D eigenvalue weighted by molar-refractivity contribution is 0.669. The third-order valence-electron chi connectivity index (χ3n) is 14.7. The van der Waals surface area contributed by atoms with Crippen molar-refractivity contribution in [1.29, 1.82) is 0 Å². The third kappa shape index (κ3) is 5.40. The predicted molar refractivity (Wildman–Crippen MR) is 288 cm³/mol. The maximum atomic E-state index is 6.87. The van der Waals surface area contributed by atoms with Gasteiger partial charge in [-0.3, -0.25) is 0 Å². The lowest BCUT2D eigenvalue weighted by Gasteiger charge is -2.15. The van der Waals surface area contributed by atoms with Crippen molar-refractivity contribution in [3.8, 4) is 44.5 Å². The summed E-state index contributed by atoms with van der Waals surface area (Å²) in [5, 5.41) is 19.6. The van der Waals surface area contributed by atoms with E-state index in [0.717, 1.165) is 77.3 Å². The van der Waals surface area contributed by atoms with Crippen LogP contribution in [0.3, 0.4) is 0 Å². The van der Waals surface area contributed by atoms with E-state index >= 15 is 0 Å². The second-order valence-electron chi connectivity index (χ2n) is 18.2. The molecule has 68 heavy (non-hydrogen) atoms. The number of furan rings is 2. The fourth-order valence-electron chi connectivity index (χ4n) is 11.6. The topological polar surface area (TPSA) is 26.3 Å². The summed E-state index contributed by atoms with van der Waals surface area (Å²) in [5.74, 6) is 0. The molecule has 2 heteroatoms. The molecule has 2 heterocycles. The van der Waals surface area contributed by atoms with E-state index in [9.17, 15) is 0 Å². The van der Waals surface area contributed by atoms with E-state index < -0.39 is 0 Å². The minimum Gasteiger partial charge on any atom is -0.456 e. The molecule has 0 spiro atoms. The lowest BCUT2D eigenvalue weighted by atomic mass is 9.88. The van der Waals surface area contributed by atoms with E-state index in [-0.39, 0.29) is 0 Å². The Morgan fingerprint density at radius 3 is 1.25 bits per heavy atom. The average Bonchev–Trinajstić information content (AvgIpc) is 3.99. The summed E-state index contributed by atoms with van der Waals surface area (Å²) >= 11 is 0. The molecule has 15 aromatic rings. The molecule has 0 bridgehead atoms. The Labute approximate surface area is 390 Å². The van der Waals surface area contributed by atoms with E-state index in [2.05, 4.69) is 224 Å².